The lowest BCUT2D eigenvalue weighted by molar-refractivity contribution is -0.117. The van der Waals surface area contributed by atoms with E-state index < -0.39 is 23.8 Å². The lowest BCUT2D eigenvalue weighted by Gasteiger charge is -2.15. The normalized spacial score (nSPS) is 18.4. The van der Waals surface area contributed by atoms with E-state index in [2.05, 4.69) is 15.7 Å². The predicted octanol–water partition coefficient (Wildman–Crippen LogP) is 4.97. The van der Waals surface area contributed by atoms with Crippen LogP contribution in [0.25, 0.3) is 11.3 Å². The molecule has 8 nitrogen and oxygen atoms in total. The summed E-state index contributed by atoms with van der Waals surface area (Å²) in [7, 11) is 0. The number of carbonyl (C=O) groups excluding carboxylic acids is 2. The largest absolute Gasteiger partial charge is 0.477 e. The van der Waals surface area contributed by atoms with Crippen LogP contribution in [0, 0.1) is 5.82 Å². The number of aromatic nitrogens is 2. The number of carbonyl (C=O) groups is 2. The van der Waals surface area contributed by atoms with Crippen LogP contribution in [0.15, 0.2) is 83.9 Å². The van der Waals surface area contributed by atoms with Gasteiger partial charge in [0.05, 0.1) is 24.0 Å². The van der Waals surface area contributed by atoms with Gasteiger partial charge in [0.1, 0.15) is 17.1 Å². The van der Waals surface area contributed by atoms with Crippen molar-refractivity contribution in [2.75, 3.05) is 11.9 Å². The number of hydrogen-bond donors (Lipinski definition) is 2. The molecule has 1 aromatic heterocycles. The van der Waals surface area contributed by atoms with Gasteiger partial charge in [-0.2, -0.15) is 5.10 Å². The molecule has 0 fully saturated rings. The van der Waals surface area contributed by atoms with Gasteiger partial charge in [0.25, 0.3) is 11.8 Å². The summed E-state index contributed by atoms with van der Waals surface area (Å²) in [6.07, 6.45) is 0.321. The molecule has 0 aliphatic carbocycles. The van der Waals surface area contributed by atoms with Crippen molar-refractivity contribution in [3.8, 4) is 17.1 Å². The Morgan fingerprint density at radius 3 is 2.54 bits per heavy atom. The minimum atomic E-state index is -1.26. The highest BCUT2D eigenvalue weighted by Gasteiger charge is 2.34. The molecule has 2 aliphatic heterocycles. The number of hydrogen-bond acceptors (Lipinski definition) is 5. The van der Waals surface area contributed by atoms with Crippen molar-refractivity contribution in [1.82, 2.24) is 15.1 Å². The van der Waals surface area contributed by atoms with E-state index in [4.69, 9.17) is 9.73 Å². The molecule has 6 rings (SSSR count). The van der Waals surface area contributed by atoms with Gasteiger partial charge >= 0.3 is 0 Å². The number of aliphatic imine (C=N–C) groups is 1. The Bertz CT molecular complexity index is 1600. The second-order valence-electron chi connectivity index (χ2n) is 9.55. The Morgan fingerprint density at radius 2 is 1.74 bits per heavy atom. The van der Waals surface area contributed by atoms with Crippen LogP contribution in [0.4, 0.5) is 10.1 Å². The second kappa shape index (κ2) is 10.2. The Kier molecular flexibility index (Phi) is 6.40. The number of amides is 2. The Balaban J connectivity index is 1.44. The number of halogens is 1. The summed E-state index contributed by atoms with van der Waals surface area (Å²) in [6, 6.07) is 22.9. The highest BCUT2D eigenvalue weighted by atomic mass is 19.1. The number of nitrogens with zero attached hydrogens (tertiary/aromatic N) is 3. The van der Waals surface area contributed by atoms with E-state index in [1.54, 1.807) is 28.9 Å². The molecule has 0 saturated carbocycles. The molecule has 9 heteroatoms. The third-order valence-corrected chi connectivity index (χ3v) is 6.91. The zero-order valence-corrected chi connectivity index (χ0v) is 21.2. The van der Waals surface area contributed by atoms with Crippen LogP contribution in [0.5, 0.6) is 5.88 Å². The summed E-state index contributed by atoms with van der Waals surface area (Å²) in [5, 5.41) is 10.3. The average molecular weight is 524 g/mol. The fourth-order valence-corrected chi connectivity index (χ4v) is 4.95. The standard InChI is InChI=1S/C30H26FN5O3/c1-18-10-9-17-39-30-24(26(35-36(18)30)20-13-5-7-15-22(20)31)28(37)34-27-29(38)32-23-16-8-6-14-21(23)25(33-27)19-11-3-2-4-12-19/h2-8,11-16,18,27H,9-10,17H2,1H3,(H,32,38)(H,34,37)/t18-,27?/m1/s1. The van der Waals surface area contributed by atoms with E-state index in [0.29, 0.717) is 18.0 Å². The third-order valence-electron chi connectivity index (χ3n) is 6.91. The summed E-state index contributed by atoms with van der Waals surface area (Å²) >= 11 is 0. The van der Waals surface area contributed by atoms with Crippen LogP contribution >= 0.6 is 0 Å². The topological polar surface area (TPSA) is 97.6 Å². The molecular weight excluding hydrogens is 497 g/mol. The van der Waals surface area contributed by atoms with Gasteiger partial charge in [-0.1, -0.05) is 60.7 Å². The number of rotatable bonds is 4. The average Bonchev–Trinajstić information content (AvgIpc) is 3.15. The van der Waals surface area contributed by atoms with E-state index >= 15 is 0 Å². The lowest BCUT2D eigenvalue weighted by Crippen LogP contribution is -2.42. The monoisotopic (exact) mass is 523 g/mol. The van der Waals surface area contributed by atoms with Gasteiger partial charge in [-0.3, -0.25) is 9.59 Å². The van der Waals surface area contributed by atoms with Crippen molar-refractivity contribution < 1.29 is 18.7 Å². The van der Waals surface area contributed by atoms with Crippen molar-refractivity contribution in [3.63, 3.8) is 0 Å². The molecule has 3 aromatic carbocycles. The highest BCUT2D eigenvalue weighted by molar-refractivity contribution is 6.20. The maximum atomic E-state index is 14.9. The molecule has 0 radical (unpaired) electrons. The number of nitrogens with one attached hydrogen (secondary N) is 2. The highest BCUT2D eigenvalue weighted by Crippen LogP contribution is 2.36. The van der Waals surface area contributed by atoms with Gasteiger partial charge in [-0.25, -0.2) is 14.1 Å². The number of ether oxygens (including phenoxy) is 1. The van der Waals surface area contributed by atoms with Crippen LogP contribution in [0.3, 0.4) is 0 Å². The van der Waals surface area contributed by atoms with E-state index in [0.717, 1.165) is 24.0 Å². The van der Waals surface area contributed by atoms with Crippen LogP contribution in [-0.4, -0.2) is 40.1 Å². The van der Waals surface area contributed by atoms with Crippen molar-refractivity contribution >= 4 is 23.2 Å². The molecule has 2 N–H and O–H groups in total. The van der Waals surface area contributed by atoms with Crippen molar-refractivity contribution in [2.24, 2.45) is 4.99 Å². The van der Waals surface area contributed by atoms with Gasteiger partial charge in [0, 0.05) is 16.7 Å². The van der Waals surface area contributed by atoms with Crippen LogP contribution in [0.1, 0.15) is 47.3 Å². The minimum absolute atomic E-state index is 0.0621. The zero-order valence-electron chi connectivity index (χ0n) is 21.2. The molecule has 1 unspecified atom stereocenters. The van der Waals surface area contributed by atoms with Crippen molar-refractivity contribution in [1.29, 1.82) is 0 Å². The predicted molar refractivity (Wildman–Crippen MR) is 145 cm³/mol. The molecule has 0 spiro atoms. The number of anilines is 1. The maximum absolute atomic E-state index is 14.9. The molecule has 2 amide bonds. The van der Waals surface area contributed by atoms with E-state index in [-0.39, 0.29) is 28.7 Å². The summed E-state index contributed by atoms with van der Waals surface area (Å²) in [6.45, 7) is 2.37. The quantitative estimate of drug-likeness (QED) is 0.395. The first-order valence-corrected chi connectivity index (χ1v) is 12.9. The van der Waals surface area contributed by atoms with Gasteiger partial charge in [0.15, 0.2) is 0 Å². The molecule has 39 heavy (non-hydrogen) atoms. The van der Waals surface area contributed by atoms with E-state index in [1.807, 2.05) is 55.5 Å². The van der Waals surface area contributed by atoms with Crippen LogP contribution in [-0.2, 0) is 4.79 Å². The first-order chi connectivity index (χ1) is 19.0. The van der Waals surface area contributed by atoms with E-state index in [1.165, 1.54) is 6.07 Å². The zero-order chi connectivity index (χ0) is 26.9. The Morgan fingerprint density at radius 1 is 1.03 bits per heavy atom. The second-order valence-corrected chi connectivity index (χ2v) is 9.55. The number of benzodiazepines with no additional fused rings is 1. The summed E-state index contributed by atoms with van der Waals surface area (Å²) in [4.78, 5) is 32.0. The Labute approximate surface area is 224 Å². The summed E-state index contributed by atoms with van der Waals surface area (Å²) in [5.74, 6) is -1.40. The minimum Gasteiger partial charge on any atom is -0.477 e. The SMILES string of the molecule is C[C@@H]1CCCOc2c(C(=O)NC3N=C(c4ccccc4)c4ccccc4NC3=O)c(-c3ccccc3F)nn21. The fourth-order valence-electron chi connectivity index (χ4n) is 4.95. The molecule has 2 aliphatic rings. The van der Waals surface area contributed by atoms with Gasteiger partial charge < -0.3 is 15.4 Å². The van der Waals surface area contributed by atoms with E-state index in [9.17, 15) is 14.0 Å². The molecule has 2 atom stereocenters. The van der Waals surface area contributed by atoms with Crippen molar-refractivity contribution in [3.05, 3.63) is 101 Å². The number of benzene rings is 3. The summed E-state index contributed by atoms with van der Waals surface area (Å²) in [5.41, 5.74) is 3.07. The lowest BCUT2D eigenvalue weighted by atomic mass is 10.0. The molecule has 3 heterocycles. The van der Waals surface area contributed by atoms with Crippen molar-refractivity contribution in [2.45, 2.75) is 32.0 Å². The third kappa shape index (κ3) is 4.56. The fraction of sp³-hybridized carbons (Fsp3) is 0.200. The smallest absolute Gasteiger partial charge is 0.269 e. The van der Waals surface area contributed by atoms with Crippen LogP contribution in [0.2, 0.25) is 0 Å². The Hall–Kier alpha value is -4.79. The molecule has 0 saturated heterocycles. The first-order valence-electron chi connectivity index (χ1n) is 12.9. The molecule has 0 bridgehead atoms. The van der Waals surface area contributed by atoms with Gasteiger partial charge in [0.2, 0.25) is 12.0 Å². The molecular formula is C30H26FN5O3. The van der Waals surface area contributed by atoms with Gasteiger partial charge in [-0.15, -0.1) is 0 Å². The maximum Gasteiger partial charge on any atom is 0.269 e. The molecule has 196 valence electrons. The number of fused-ring (bicyclic) bond motifs is 2. The van der Waals surface area contributed by atoms with Crippen LogP contribution < -0.4 is 15.4 Å². The molecule has 4 aromatic rings. The summed E-state index contributed by atoms with van der Waals surface area (Å²) < 4.78 is 22.5. The van der Waals surface area contributed by atoms with Gasteiger partial charge in [-0.05, 0) is 38.0 Å². The first kappa shape index (κ1) is 24.5. The number of para-hydroxylation sites is 1.